The van der Waals surface area contributed by atoms with Gasteiger partial charge in [0, 0.05) is 44.4 Å². The molecule has 1 aromatic carbocycles. The molecule has 0 radical (unpaired) electrons. The highest BCUT2D eigenvalue weighted by Gasteiger charge is 2.21. The van der Waals surface area contributed by atoms with E-state index in [1.54, 1.807) is 19.2 Å². The molecule has 0 aliphatic carbocycles. The van der Waals surface area contributed by atoms with Crippen molar-refractivity contribution in [1.82, 2.24) is 10.3 Å². The summed E-state index contributed by atoms with van der Waals surface area (Å²) in [7, 11) is 1.56. The fourth-order valence-electron chi connectivity index (χ4n) is 3.01. The topological polar surface area (TPSA) is 68.3 Å². The normalized spacial score (nSPS) is 16.6. The Labute approximate surface area is 147 Å². The van der Waals surface area contributed by atoms with Crippen molar-refractivity contribution in [3.05, 3.63) is 65.0 Å². The molecule has 1 atom stereocenters. The summed E-state index contributed by atoms with van der Waals surface area (Å²) >= 11 is 0. The molecule has 2 heterocycles. The summed E-state index contributed by atoms with van der Waals surface area (Å²) in [6.45, 7) is 1.35. The second kappa shape index (κ2) is 8.03. The van der Waals surface area contributed by atoms with Crippen LogP contribution in [-0.2, 0) is 11.2 Å². The van der Waals surface area contributed by atoms with Crippen molar-refractivity contribution in [2.75, 3.05) is 20.3 Å². The summed E-state index contributed by atoms with van der Waals surface area (Å²) in [5.41, 5.74) is 2.64. The molecule has 1 saturated heterocycles. The molecule has 1 aromatic heterocycles. The zero-order valence-corrected chi connectivity index (χ0v) is 14.3. The Balaban J connectivity index is 1.86. The monoisotopic (exact) mass is 338 g/mol. The standard InChI is InChI=1S/C20H22N2O3/c1-21-20(24)18-12-16(19(23)10-15-7-8-25-13-15)11-17(22-18)9-14-5-3-2-4-6-14/h2-6,11-12,15H,7-10,13H2,1H3,(H,21,24). The predicted molar refractivity (Wildman–Crippen MR) is 94.7 cm³/mol. The number of pyridine rings is 1. The third kappa shape index (κ3) is 4.51. The van der Waals surface area contributed by atoms with Gasteiger partial charge in [-0.1, -0.05) is 30.3 Å². The lowest BCUT2D eigenvalue weighted by Crippen LogP contribution is -2.21. The zero-order chi connectivity index (χ0) is 17.6. The summed E-state index contributed by atoms with van der Waals surface area (Å²) in [6.07, 6.45) is 1.94. The first-order chi connectivity index (χ1) is 12.2. The number of nitrogens with one attached hydrogen (secondary N) is 1. The van der Waals surface area contributed by atoms with Crippen LogP contribution in [0.5, 0.6) is 0 Å². The Morgan fingerprint density at radius 1 is 1.24 bits per heavy atom. The molecule has 1 aliphatic heterocycles. The Morgan fingerprint density at radius 3 is 2.72 bits per heavy atom. The van der Waals surface area contributed by atoms with Gasteiger partial charge in [-0.25, -0.2) is 4.98 Å². The zero-order valence-electron chi connectivity index (χ0n) is 14.3. The first-order valence-corrected chi connectivity index (χ1v) is 8.53. The van der Waals surface area contributed by atoms with Gasteiger partial charge in [0.15, 0.2) is 5.78 Å². The molecular formula is C20H22N2O3. The Morgan fingerprint density at radius 2 is 2.04 bits per heavy atom. The summed E-state index contributed by atoms with van der Waals surface area (Å²) in [6, 6.07) is 13.3. The van der Waals surface area contributed by atoms with Crippen LogP contribution in [0.1, 0.15) is 44.9 Å². The highest BCUT2D eigenvalue weighted by Crippen LogP contribution is 2.20. The number of carbonyl (C=O) groups excluding carboxylic acids is 2. The van der Waals surface area contributed by atoms with Crippen molar-refractivity contribution >= 4 is 11.7 Å². The van der Waals surface area contributed by atoms with Gasteiger partial charge < -0.3 is 10.1 Å². The fraction of sp³-hybridized carbons (Fsp3) is 0.350. The quantitative estimate of drug-likeness (QED) is 0.822. The van der Waals surface area contributed by atoms with Crippen molar-refractivity contribution in [2.45, 2.75) is 19.3 Å². The average Bonchev–Trinajstić information content (AvgIpc) is 3.14. The Kier molecular flexibility index (Phi) is 5.56. The molecule has 3 rings (SSSR count). The van der Waals surface area contributed by atoms with Crippen LogP contribution < -0.4 is 5.32 Å². The van der Waals surface area contributed by atoms with Crippen molar-refractivity contribution < 1.29 is 14.3 Å². The van der Waals surface area contributed by atoms with Gasteiger partial charge in [0.05, 0.1) is 0 Å². The van der Waals surface area contributed by atoms with Crippen LogP contribution in [0.25, 0.3) is 0 Å². The van der Waals surface area contributed by atoms with E-state index in [1.165, 1.54) is 0 Å². The number of carbonyl (C=O) groups is 2. The maximum Gasteiger partial charge on any atom is 0.269 e. The minimum atomic E-state index is -0.284. The minimum absolute atomic E-state index is 0.0392. The van der Waals surface area contributed by atoms with E-state index in [0.717, 1.165) is 24.3 Å². The first kappa shape index (κ1) is 17.3. The number of hydrogen-bond acceptors (Lipinski definition) is 4. The first-order valence-electron chi connectivity index (χ1n) is 8.53. The minimum Gasteiger partial charge on any atom is -0.381 e. The molecule has 5 nitrogen and oxygen atoms in total. The van der Waals surface area contributed by atoms with E-state index in [9.17, 15) is 9.59 Å². The van der Waals surface area contributed by atoms with E-state index < -0.39 is 0 Å². The Hall–Kier alpha value is -2.53. The molecular weight excluding hydrogens is 316 g/mol. The van der Waals surface area contributed by atoms with Crippen molar-refractivity contribution in [3.63, 3.8) is 0 Å². The van der Waals surface area contributed by atoms with Gasteiger partial charge in [-0.15, -0.1) is 0 Å². The van der Waals surface area contributed by atoms with Gasteiger partial charge in [0.2, 0.25) is 0 Å². The van der Waals surface area contributed by atoms with E-state index in [-0.39, 0.29) is 23.3 Å². The lowest BCUT2D eigenvalue weighted by atomic mass is 9.96. The molecule has 0 bridgehead atoms. The lowest BCUT2D eigenvalue weighted by molar-refractivity contribution is 0.0952. The van der Waals surface area contributed by atoms with Gasteiger partial charge in [-0.2, -0.15) is 0 Å². The molecule has 5 heteroatoms. The maximum absolute atomic E-state index is 12.7. The van der Waals surface area contributed by atoms with Crippen LogP contribution in [-0.4, -0.2) is 36.9 Å². The number of aromatic nitrogens is 1. The molecule has 1 N–H and O–H groups in total. The highest BCUT2D eigenvalue weighted by atomic mass is 16.5. The fourth-order valence-corrected chi connectivity index (χ4v) is 3.01. The van der Waals surface area contributed by atoms with E-state index in [0.29, 0.717) is 25.0 Å². The van der Waals surface area contributed by atoms with Gasteiger partial charge in [0.1, 0.15) is 5.69 Å². The molecule has 1 amide bonds. The maximum atomic E-state index is 12.7. The smallest absolute Gasteiger partial charge is 0.269 e. The molecule has 1 unspecified atom stereocenters. The molecule has 0 spiro atoms. The van der Waals surface area contributed by atoms with Crippen LogP contribution in [0.15, 0.2) is 42.5 Å². The second-order valence-electron chi connectivity index (χ2n) is 6.33. The van der Waals surface area contributed by atoms with Crippen LogP contribution in [0.2, 0.25) is 0 Å². The number of Topliss-reactive ketones (excluding diaryl/α,β-unsaturated/α-hetero) is 1. The molecule has 0 saturated carbocycles. The van der Waals surface area contributed by atoms with Crippen LogP contribution in [0.3, 0.4) is 0 Å². The third-order valence-electron chi connectivity index (χ3n) is 4.39. The van der Waals surface area contributed by atoms with Crippen LogP contribution in [0, 0.1) is 5.92 Å². The van der Waals surface area contributed by atoms with Crippen LogP contribution >= 0.6 is 0 Å². The number of ether oxygens (including phenoxy) is 1. The summed E-state index contributed by atoms with van der Waals surface area (Å²) in [5, 5.41) is 2.58. The highest BCUT2D eigenvalue weighted by molar-refractivity contribution is 5.99. The predicted octanol–water partition coefficient (Wildman–Crippen LogP) is 2.64. The molecule has 130 valence electrons. The van der Waals surface area contributed by atoms with Crippen molar-refractivity contribution in [3.8, 4) is 0 Å². The van der Waals surface area contributed by atoms with Gasteiger partial charge >= 0.3 is 0 Å². The number of ketones is 1. The number of rotatable bonds is 6. The summed E-state index contributed by atoms with van der Waals surface area (Å²) in [4.78, 5) is 29.1. The van der Waals surface area contributed by atoms with Gasteiger partial charge in [-0.3, -0.25) is 9.59 Å². The molecule has 2 aromatic rings. The number of nitrogens with zero attached hydrogens (tertiary/aromatic N) is 1. The van der Waals surface area contributed by atoms with Gasteiger partial charge in [-0.05, 0) is 30.0 Å². The number of amides is 1. The SMILES string of the molecule is CNC(=O)c1cc(C(=O)CC2CCOC2)cc(Cc2ccccc2)n1. The van der Waals surface area contributed by atoms with Gasteiger partial charge in [0.25, 0.3) is 5.91 Å². The summed E-state index contributed by atoms with van der Waals surface area (Å²) < 4.78 is 5.35. The second-order valence-corrected chi connectivity index (χ2v) is 6.33. The summed E-state index contributed by atoms with van der Waals surface area (Å²) in [5.74, 6) is 0.0206. The van der Waals surface area contributed by atoms with Crippen molar-refractivity contribution in [1.29, 1.82) is 0 Å². The number of hydrogen-bond donors (Lipinski definition) is 1. The third-order valence-corrected chi connectivity index (χ3v) is 4.39. The molecule has 1 aliphatic rings. The Bertz CT molecular complexity index is 753. The van der Waals surface area contributed by atoms with E-state index >= 15 is 0 Å². The largest absolute Gasteiger partial charge is 0.381 e. The molecule has 25 heavy (non-hydrogen) atoms. The van der Waals surface area contributed by atoms with E-state index in [2.05, 4.69) is 10.3 Å². The molecule has 1 fully saturated rings. The van der Waals surface area contributed by atoms with Crippen molar-refractivity contribution in [2.24, 2.45) is 5.92 Å². The van der Waals surface area contributed by atoms with E-state index in [4.69, 9.17) is 4.74 Å². The van der Waals surface area contributed by atoms with E-state index in [1.807, 2.05) is 30.3 Å². The average molecular weight is 338 g/mol. The lowest BCUT2D eigenvalue weighted by Gasteiger charge is -2.10. The number of benzene rings is 1. The van der Waals surface area contributed by atoms with Crippen LogP contribution in [0.4, 0.5) is 0 Å².